The molecule has 3 nitrogen and oxygen atoms in total. The zero-order chi connectivity index (χ0) is 11.0. The number of para-hydroxylation sites is 1. The third-order valence-corrected chi connectivity index (χ3v) is 3.17. The normalized spacial score (nSPS) is 21.6. The number of rotatable bonds is 1. The summed E-state index contributed by atoms with van der Waals surface area (Å²) in [6, 6.07) is 8.89. The summed E-state index contributed by atoms with van der Waals surface area (Å²) >= 11 is 0. The molecule has 1 atom stereocenters. The lowest BCUT2D eigenvalue weighted by atomic mass is 10.1. The Bertz CT molecular complexity index is 491. The van der Waals surface area contributed by atoms with Gasteiger partial charge in [0.1, 0.15) is 0 Å². The first-order chi connectivity index (χ1) is 7.84. The van der Waals surface area contributed by atoms with Crippen molar-refractivity contribution in [1.82, 2.24) is 5.32 Å². The number of hydrogen-bond donors (Lipinski definition) is 1. The van der Waals surface area contributed by atoms with Crippen molar-refractivity contribution in [1.29, 1.82) is 0 Å². The number of hydrogen-bond acceptors (Lipinski definition) is 3. The number of benzene rings is 1. The number of fused-ring (bicyclic) bond motifs is 1. The maximum atomic E-state index is 5.58. The zero-order valence-electron chi connectivity index (χ0n) is 9.44. The minimum absolute atomic E-state index is 0.541. The molecule has 16 heavy (non-hydrogen) atoms. The average Bonchev–Trinajstić information content (AvgIpc) is 2.76. The molecule has 0 amide bonds. The number of furan rings is 1. The van der Waals surface area contributed by atoms with Gasteiger partial charge in [0.05, 0.1) is 12.0 Å². The van der Waals surface area contributed by atoms with E-state index in [2.05, 4.69) is 35.3 Å². The molecular formula is C13H16N2O. The van der Waals surface area contributed by atoms with Crippen LogP contribution in [-0.2, 0) is 0 Å². The molecule has 0 aliphatic carbocycles. The maximum absolute atomic E-state index is 5.58. The van der Waals surface area contributed by atoms with Crippen molar-refractivity contribution in [2.45, 2.75) is 13.0 Å². The van der Waals surface area contributed by atoms with Crippen molar-refractivity contribution in [3.8, 4) is 0 Å². The van der Waals surface area contributed by atoms with Gasteiger partial charge < -0.3 is 14.6 Å². The van der Waals surface area contributed by atoms with E-state index in [-0.39, 0.29) is 0 Å². The highest BCUT2D eigenvalue weighted by atomic mass is 16.3. The fraction of sp³-hybridized carbons (Fsp3) is 0.385. The Hall–Kier alpha value is -1.48. The van der Waals surface area contributed by atoms with Crippen LogP contribution >= 0.6 is 0 Å². The van der Waals surface area contributed by atoms with E-state index >= 15 is 0 Å². The summed E-state index contributed by atoms with van der Waals surface area (Å²) in [6.45, 7) is 5.34. The van der Waals surface area contributed by atoms with Crippen LogP contribution in [0.5, 0.6) is 0 Å². The molecule has 1 saturated heterocycles. The number of nitrogens with zero attached hydrogens (tertiary/aromatic N) is 1. The summed E-state index contributed by atoms with van der Waals surface area (Å²) < 4.78 is 5.58. The second kappa shape index (κ2) is 3.83. The van der Waals surface area contributed by atoms with Crippen molar-refractivity contribution in [2.75, 3.05) is 24.5 Å². The molecule has 2 heterocycles. The fourth-order valence-corrected chi connectivity index (χ4v) is 2.38. The van der Waals surface area contributed by atoms with E-state index in [4.69, 9.17) is 4.42 Å². The summed E-state index contributed by atoms with van der Waals surface area (Å²) in [7, 11) is 0. The molecule has 3 heteroatoms. The van der Waals surface area contributed by atoms with E-state index in [0.29, 0.717) is 6.04 Å². The largest absolute Gasteiger partial charge is 0.462 e. The van der Waals surface area contributed by atoms with Crippen LogP contribution in [0.25, 0.3) is 11.0 Å². The average molecular weight is 216 g/mol. The van der Waals surface area contributed by atoms with Gasteiger partial charge in [0.15, 0.2) is 5.58 Å². The zero-order valence-corrected chi connectivity index (χ0v) is 9.44. The van der Waals surface area contributed by atoms with Gasteiger partial charge in [-0.2, -0.15) is 0 Å². The summed E-state index contributed by atoms with van der Waals surface area (Å²) in [5, 5.41) is 4.64. The molecular weight excluding hydrogens is 200 g/mol. The first kappa shape index (κ1) is 9.73. The Labute approximate surface area is 95.0 Å². The van der Waals surface area contributed by atoms with Crippen LogP contribution in [0.2, 0.25) is 0 Å². The summed E-state index contributed by atoms with van der Waals surface area (Å²) in [4.78, 5) is 2.40. The third-order valence-electron chi connectivity index (χ3n) is 3.17. The first-order valence-corrected chi connectivity index (χ1v) is 5.79. The molecule has 0 unspecified atom stereocenters. The Morgan fingerprint density at radius 2 is 2.31 bits per heavy atom. The third kappa shape index (κ3) is 1.57. The van der Waals surface area contributed by atoms with Gasteiger partial charge in [0.2, 0.25) is 0 Å². The van der Waals surface area contributed by atoms with Crippen LogP contribution in [0.3, 0.4) is 0 Å². The lowest BCUT2D eigenvalue weighted by Crippen LogP contribution is -2.49. The van der Waals surface area contributed by atoms with Gasteiger partial charge >= 0.3 is 0 Å². The van der Waals surface area contributed by atoms with Crippen LogP contribution in [0.15, 0.2) is 34.9 Å². The van der Waals surface area contributed by atoms with Gasteiger partial charge in [0.25, 0.3) is 0 Å². The van der Waals surface area contributed by atoms with Crippen molar-refractivity contribution >= 4 is 16.7 Å². The Morgan fingerprint density at radius 1 is 1.38 bits per heavy atom. The van der Waals surface area contributed by atoms with Gasteiger partial charge in [-0.3, -0.25) is 0 Å². The molecule has 3 rings (SSSR count). The van der Waals surface area contributed by atoms with Gasteiger partial charge in [-0.05, 0) is 19.1 Å². The molecule has 0 spiro atoms. The summed E-state index contributed by atoms with van der Waals surface area (Å²) in [6.07, 6.45) is 1.76. The van der Waals surface area contributed by atoms with Crippen LogP contribution in [-0.4, -0.2) is 25.7 Å². The summed E-state index contributed by atoms with van der Waals surface area (Å²) in [5.41, 5.74) is 2.23. The molecule has 0 radical (unpaired) electrons. The lowest BCUT2D eigenvalue weighted by Gasteiger charge is -2.33. The van der Waals surface area contributed by atoms with Gasteiger partial charge in [-0.25, -0.2) is 0 Å². The van der Waals surface area contributed by atoms with E-state index < -0.39 is 0 Å². The highest BCUT2D eigenvalue weighted by molar-refractivity contribution is 5.89. The molecule has 1 aliphatic heterocycles. The SMILES string of the molecule is C[C@H]1CN(c2cccc3ccoc23)CCN1. The molecule has 2 aromatic rings. The maximum Gasteiger partial charge on any atom is 0.157 e. The molecule has 0 bridgehead atoms. The minimum atomic E-state index is 0.541. The standard InChI is InChI=1S/C13H16N2O/c1-10-9-15(7-6-14-10)12-4-2-3-11-5-8-16-13(11)12/h2-5,8,10,14H,6-7,9H2,1H3/t10-/m0/s1. The predicted molar refractivity (Wildman–Crippen MR) is 65.9 cm³/mol. The van der Waals surface area contributed by atoms with Crippen molar-refractivity contribution in [2.24, 2.45) is 0 Å². The van der Waals surface area contributed by atoms with E-state index in [1.54, 1.807) is 6.26 Å². The molecule has 1 aromatic carbocycles. The van der Waals surface area contributed by atoms with E-state index in [9.17, 15) is 0 Å². The Kier molecular flexibility index (Phi) is 2.33. The molecule has 1 fully saturated rings. The highest BCUT2D eigenvalue weighted by Crippen LogP contribution is 2.28. The minimum Gasteiger partial charge on any atom is -0.462 e. The number of nitrogens with one attached hydrogen (secondary N) is 1. The van der Waals surface area contributed by atoms with Crippen molar-refractivity contribution < 1.29 is 4.42 Å². The predicted octanol–water partition coefficient (Wildman–Crippen LogP) is 2.23. The van der Waals surface area contributed by atoms with E-state index in [1.165, 1.54) is 11.1 Å². The van der Waals surface area contributed by atoms with Crippen molar-refractivity contribution in [3.63, 3.8) is 0 Å². The fourth-order valence-electron chi connectivity index (χ4n) is 2.38. The Balaban J connectivity index is 2.01. The monoisotopic (exact) mass is 216 g/mol. The Morgan fingerprint density at radius 3 is 3.19 bits per heavy atom. The van der Waals surface area contributed by atoms with Crippen LogP contribution in [0.1, 0.15) is 6.92 Å². The van der Waals surface area contributed by atoms with E-state index in [1.807, 2.05) is 6.07 Å². The molecule has 1 N–H and O–H groups in total. The van der Waals surface area contributed by atoms with Gasteiger partial charge in [-0.1, -0.05) is 12.1 Å². The second-order valence-electron chi connectivity index (χ2n) is 4.42. The summed E-state index contributed by atoms with van der Waals surface area (Å²) in [5.74, 6) is 0. The van der Waals surface area contributed by atoms with Crippen LogP contribution < -0.4 is 10.2 Å². The first-order valence-electron chi connectivity index (χ1n) is 5.79. The number of anilines is 1. The van der Waals surface area contributed by atoms with Crippen LogP contribution in [0, 0.1) is 0 Å². The molecule has 0 saturated carbocycles. The van der Waals surface area contributed by atoms with Crippen molar-refractivity contribution in [3.05, 3.63) is 30.5 Å². The highest BCUT2D eigenvalue weighted by Gasteiger charge is 2.18. The van der Waals surface area contributed by atoms with Crippen LogP contribution in [0.4, 0.5) is 5.69 Å². The van der Waals surface area contributed by atoms with Gasteiger partial charge in [0, 0.05) is 31.1 Å². The molecule has 1 aliphatic rings. The lowest BCUT2D eigenvalue weighted by molar-refractivity contribution is 0.483. The second-order valence-corrected chi connectivity index (χ2v) is 4.42. The quantitative estimate of drug-likeness (QED) is 0.792. The molecule has 84 valence electrons. The molecule has 1 aromatic heterocycles. The number of piperazine rings is 1. The van der Waals surface area contributed by atoms with Gasteiger partial charge in [-0.15, -0.1) is 0 Å². The van der Waals surface area contributed by atoms with E-state index in [0.717, 1.165) is 25.2 Å². The topological polar surface area (TPSA) is 28.4 Å². The smallest absolute Gasteiger partial charge is 0.157 e.